The molecule has 0 aliphatic carbocycles. The molecule has 2 rings (SSSR count). The van der Waals surface area contributed by atoms with Crippen LogP contribution >= 0.6 is 11.8 Å². The van der Waals surface area contributed by atoms with E-state index in [0.29, 0.717) is 6.42 Å². The normalized spacial score (nSPS) is 19.4. The van der Waals surface area contributed by atoms with Crippen LogP contribution in [0, 0.1) is 0 Å². The summed E-state index contributed by atoms with van der Waals surface area (Å²) in [6.45, 7) is 0. The first-order valence-corrected chi connectivity index (χ1v) is 5.74. The second-order valence-electron chi connectivity index (χ2n) is 3.43. The zero-order valence-electron chi connectivity index (χ0n) is 8.40. The minimum Gasteiger partial charge on any atom is -0.497 e. The Balaban J connectivity index is 2.40. The third kappa shape index (κ3) is 1.95. The van der Waals surface area contributed by atoms with E-state index in [1.807, 2.05) is 18.2 Å². The highest BCUT2D eigenvalue weighted by Crippen LogP contribution is 2.39. The fourth-order valence-corrected chi connectivity index (χ4v) is 2.90. The van der Waals surface area contributed by atoms with Crippen molar-refractivity contribution in [3.8, 4) is 5.75 Å². The number of ether oxygens (including phenoxy) is 1. The maximum atomic E-state index is 11.0. The molecular formula is C11H12O3S. The fourth-order valence-electron chi connectivity index (χ4n) is 1.75. The summed E-state index contributed by atoms with van der Waals surface area (Å²) < 4.78 is 5.12. The van der Waals surface area contributed by atoms with Gasteiger partial charge in [0.05, 0.1) is 13.0 Å². The van der Waals surface area contributed by atoms with Crippen LogP contribution in [0.15, 0.2) is 23.1 Å². The molecular weight excluding hydrogens is 212 g/mol. The number of carboxylic acid groups (broad SMARTS) is 1. The van der Waals surface area contributed by atoms with E-state index < -0.39 is 5.97 Å². The number of benzene rings is 1. The number of methoxy groups -OCH3 is 1. The Hall–Kier alpha value is -1.16. The Morgan fingerprint density at radius 2 is 2.40 bits per heavy atom. The van der Waals surface area contributed by atoms with Crippen LogP contribution in [-0.2, 0) is 4.79 Å². The van der Waals surface area contributed by atoms with Gasteiger partial charge in [-0.2, -0.15) is 0 Å². The van der Waals surface area contributed by atoms with Crippen molar-refractivity contribution in [3.05, 3.63) is 23.8 Å². The van der Waals surface area contributed by atoms with Crippen molar-refractivity contribution in [2.75, 3.05) is 12.9 Å². The standard InChI is InChI=1S/C11H12O3S/c1-14-7-2-3-8-9(11(12)13)4-5-15-10(8)6-7/h2-3,6,9H,4-5H2,1H3,(H,12,13). The molecule has 1 unspecified atom stereocenters. The largest absolute Gasteiger partial charge is 0.497 e. The second-order valence-corrected chi connectivity index (χ2v) is 4.57. The predicted molar refractivity (Wildman–Crippen MR) is 58.7 cm³/mol. The lowest BCUT2D eigenvalue weighted by atomic mass is 9.96. The fraction of sp³-hybridized carbons (Fsp3) is 0.364. The summed E-state index contributed by atoms with van der Waals surface area (Å²) in [5.41, 5.74) is 0.916. The molecule has 0 bridgehead atoms. The van der Waals surface area contributed by atoms with Crippen LogP contribution in [0.3, 0.4) is 0 Å². The smallest absolute Gasteiger partial charge is 0.311 e. The highest BCUT2D eigenvalue weighted by molar-refractivity contribution is 7.99. The number of carbonyl (C=O) groups is 1. The highest BCUT2D eigenvalue weighted by atomic mass is 32.2. The Kier molecular flexibility index (Phi) is 2.86. The average Bonchev–Trinajstić information content (AvgIpc) is 2.27. The van der Waals surface area contributed by atoms with Gasteiger partial charge in [0.2, 0.25) is 0 Å². The van der Waals surface area contributed by atoms with Crippen molar-refractivity contribution in [3.63, 3.8) is 0 Å². The molecule has 3 nitrogen and oxygen atoms in total. The van der Waals surface area contributed by atoms with Gasteiger partial charge < -0.3 is 9.84 Å². The molecule has 15 heavy (non-hydrogen) atoms. The Morgan fingerprint density at radius 3 is 3.07 bits per heavy atom. The van der Waals surface area contributed by atoms with Crippen LogP contribution < -0.4 is 4.74 Å². The molecule has 0 fully saturated rings. The van der Waals surface area contributed by atoms with Gasteiger partial charge in [0, 0.05) is 4.90 Å². The summed E-state index contributed by atoms with van der Waals surface area (Å²) in [5, 5.41) is 9.07. The molecule has 0 radical (unpaired) electrons. The summed E-state index contributed by atoms with van der Waals surface area (Å²) in [7, 11) is 1.61. The van der Waals surface area contributed by atoms with Gasteiger partial charge in [-0.1, -0.05) is 6.07 Å². The summed E-state index contributed by atoms with van der Waals surface area (Å²) in [4.78, 5) is 12.1. The van der Waals surface area contributed by atoms with Crippen molar-refractivity contribution in [1.29, 1.82) is 0 Å². The first kappa shape index (κ1) is 10.4. The van der Waals surface area contributed by atoms with Crippen molar-refractivity contribution >= 4 is 17.7 Å². The Bertz CT molecular complexity index is 389. The van der Waals surface area contributed by atoms with Gasteiger partial charge in [-0.05, 0) is 29.9 Å². The molecule has 1 aromatic rings. The Labute approximate surface area is 92.4 Å². The molecule has 1 N–H and O–H groups in total. The van der Waals surface area contributed by atoms with Gasteiger partial charge in [0.15, 0.2) is 0 Å². The van der Waals surface area contributed by atoms with E-state index in [2.05, 4.69) is 0 Å². The first-order chi connectivity index (χ1) is 7.22. The summed E-state index contributed by atoms with van der Waals surface area (Å²) in [5.74, 6) is 0.554. The van der Waals surface area contributed by atoms with E-state index in [-0.39, 0.29) is 5.92 Å². The molecule has 1 atom stereocenters. The van der Waals surface area contributed by atoms with Crippen LogP contribution in [0.2, 0.25) is 0 Å². The maximum Gasteiger partial charge on any atom is 0.311 e. The molecule has 0 saturated carbocycles. The van der Waals surface area contributed by atoms with Crippen molar-refractivity contribution in [2.45, 2.75) is 17.2 Å². The lowest BCUT2D eigenvalue weighted by Crippen LogP contribution is -2.16. The van der Waals surface area contributed by atoms with Gasteiger partial charge in [-0.3, -0.25) is 4.79 Å². The van der Waals surface area contributed by atoms with E-state index in [0.717, 1.165) is 22.0 Å². The predicted octanol–water partition coefficient (Wildman–Crippen LogP) is 2.36. The van der Waals surface area contributed by atoms with Crippen LogP contribution in [0.25, 0.3) is 0 Å². The minimum atomic E-state index is -0.735. The third-order valence-electron chi connectivity index (χ3n) is 2.56. The number of fused-ring (bicyclic) bond motifs is 1. The van der Waals surface area contributed by atoms with Gasteiger partial charge in [0.25, 0.3) is 0 Å². The Morgan fingerprint density at radius 1 is 1.60 bits per heavy atom. The third-order valence-corrected chi connectivity index (χ3v) is 3.66. The molecule has 1 aliphatic rings. The molecule has 0 amide bonds. The zero-order valence-corrected chi connectivity index (χ0v) is 9.21. The van der Waals surface area contributed by atoms with Gasteiger partial charge >= 0.3 is 5.97 Å². The number of carboxylic acids is 1. The lowest BCUT2D eigenvalue weighted by molar-refractivity contribution is -0.138. The highest BCUT2D eigenvalue weighted by Gasteiger charge is 2.26. The SMILES string of the molecule is COc1ccc2c(c1)SCCC2C(=O)O. The molecule has 0 saturated heterocycles. The number of thioether (sulfide) groups is 1. The van der Waals surface area contributed by atoms with Crippen molar-refractivity contribution in [1.82, 2.24) is 0 Å². The second kappa shape index (κ2) is 4.14. The molecule has 4 heteroatoms. The van der Waals surface area contributed by atoms with Crippen LogP contribution in [0.4, 0.5) is 0 Å². The molecule has 80 valence electrons. The number of rotatable bonds is 2. The van der Waals surface area contributed by atoms with Crippen LogP contribution in [-0.4, -0.2) is 23.9 Å². The van der Waals surface area contributed by atoms with E-state index in [1.54, 1.807) is 18.9 Å². The monoisotopic (exact) mass is 224 g/mol. The molecule has 1 aromatic carbocycles. The van der Waals surface area contributed by atoms with Gasteiger partial charge in [-0.15, -0.1) is 11.8 Å². The minimum absolute atomic E-state index is 0.354. The molecule has 1 heterocycles. The quantitative estimate of drug-likeness (QED) is 0.837. The van der Waals surface area contributed by atoms with E-state index in [1.165, 1.54) is 0 Å². The van der Waals surface area contributed by atoms with Crippen LogP contribution in [0.5, 0.6) is 5.75 Å². The molecule has 0 aromatic heterocycles. The molecule has 1 aliphatic heterocycles. The van der Waals surface area contributed by atoms with Crippen molar-refractivity contribution in [2.24, 2.45) is 0 Å². The summed E-state index contributed by atoms with van der Waals surface area (Å²) >= 11 is 1.70. The summed E-state index contributed by atoms with van der Waals surface area (Å²) in [6, 6.07) is 5.59. The summed E-state index contributed by atoms with van der Waals surface area (Å²) in [6.07, 6.45) is 0.708. The van der Waals surface area contributed by atoms with Crippen LogP contribution in [0.1, 0.15) is 17.9 Å². The van der Waals surface area contributed by atoms with Gasteiger partial charge in [0.1, 0.15) is 5.75 Å². The number of hydrogen-bond acceptors (Lipinski definition) is 3. The average molecular weight is 224 g/mol. The first-order valence-electron chi connectivity index (χ1n) is 4.76. The van der Waals surface area contributed by atoms with Gasteiger partial charge in [-0.25, -0.2) is 0 Å². The lowest BCUT2D eigenvalue weighted by Gasteiger charge is -2.22. The van der Waals surface area contributed by atoms with Crippen molar-refractivity contribution < 1.29 is 14.6 Å². The molecule has 0 spiro atoms. The number of aliphatic carboxylic acids is 1. The number of hydrogen-bond donors (Lipinski definition) is 1. The van der Waals surface area contributed by atoms with E-state index >= 15 is 0 Å². The maximum absolute atomic E-state index is 11.0. The van der Waals surface area contributed by atoms with E-state index in [9.17, 15) is 4.79 Å². The zero-order chi connectivity index (χ0) is 10.8. The van der Waals surface area contributed by atoms with E-state index in [4.69, 9.17) is 9.84 Å². The topological polar surface area (TPSA) is 46.5 Å².